The Morgan fingerprint density at radius 3 is 2.21 bits per heavy atom. The first kappa shape index (κ1) is 26.9. The number of hydrogen-bond donors (Lipinski definition) is 1. The maximum Gasteiger partial charge on any atom is 0.200 e. The lowest BCUT2D eigenvalue weighted by Crippen LogP contribution is -2.25. The van der Waals surface area contributed by atoms with Crippen molar-refractivity contribution in [2.75, 3.05) is 12.8 Å². The van der Waals surface area contributed by atoms with E-state index in [2.05, 4.69) is 6.92 Å². The van der Waals surface area contributed by atoms with E-state index >= 15 is 0 Å². The fourth-order valence-corrected chi connectivity index (χ4v) is 6.58. The maximum atomic E-state index is 14.9. The molecule has 1 aromatic carbocycles. The molecule has 5 heteroatoms. The fraction of sp³-hybridized carbons (Fsp3) is 0.786. The molecule has 3 rings (SSSR count). The molecule has 33 heavy (non-hydrogen) atoms. The van der Waals surface area contributed by atoms with Crippen LogP contribution >= 0.6 is 8.81 Å². The molecule has 0 heterocycles. The maximum absolute atomic E-state index is 14.9. The van der Waals surface area contributed by atoms with Gasteiger partial charge in [0.25, 0.3) is 0 Å². The van der Waals surface area contributed by atoms with Gasteiger partial charge in [0, 0.05) is 8.81 Å². The van der Waals surface area contributed by atoms with Crippen LogP contribution in [0.15, 0.2) is 12.1 Å². The second-order valence-electron chi connectivity index (χ2n) is 10.5. The lowest BCUT2D eigenvalue weighted by molar-refractivity contribution is 0.155. The Labute approximate surface area is 202 Å². The average Bonchev–Trinajstić information content (AvgIpc) is 2.85. The Bertz CT molecular complexity index is 683. The lowest BCUT2D eigenvalue weighted by Gasteiger charge is -2.38. The van der Waals surface area contributed by atoms with Crippen LogP contribution in [0.2, 0.25) is 0 Å². The van der Waals surface area contributed by atoms with Crippen LogP contribution in [0.3, 0.4) is 0 Å². The minimum Gasteiger partial charge on any atom is -0.490 e. The minimum atomic E-state index is -0.826. The van der Waals surface area contributed by atoms with Crippen molar-refractivity contribution in [1.29, 1.82) is 0 Å². The summed E-state index contributed by atoms with van der Waals surface area (Å²) in [5.41, 5.74) is 0.543. The summed E-state index contributed by atoms with van der Waals surface area (Å²) in [7, 11) is -0.0137. The van der Waals surface area contributed by atoms with E-state index in [0.29, 0.717) is 12.2 Å². The van der Waals surface area contributed by atoms with Crippen LogP contribution in [-0.4, -0.2) is 17.7 Å². The molecule has 2 aliphatic carbocycles. The van der Waals surface area contributed by atoms with E-state index in [9.17, 15) is 8.78 Å². The van der Waals surface area contributed by atoms with E-state index in [0.717, 1.165) is 68.9 Å². The predicted octanol–water partition coefficient (Wildman–Crippen LogP) is 8.76. The molecule has 2 saturated carbocycles. The van der Waals surface area contributed by atoms with Gasteiger partial charge in [-0.3, -0.25) is 0 Å². The average molecular weight is 483 g/mol. The molecule has 1 aromatic rings. The second-order valence-corrected chi connectivity index (χ2v) is 11.3. The zero-order chi connectivity index (χ0) is 23.5. The van der Waals surface area contributed by atoms with E-state index in [1.165, 1.54) is 51.4 Å². The van der Waals surface area contributed by atoms with Crippen LogP contribution in [0.1, 0.15) is 115 Å². The van der Waals surface area contributed by atoms with E-state index in [1.807, 2.05) is 0 Å². The van der Waals surface area contributed by atoms with Crippen molar-refractivity contribution in [3.63, 3.8) is 0 Å². The normalized spacial score (nSPS) is 26.2. The van der Waals surface area contributed by atoms with Crippen LogP contribution in [0.25, 0.3) is 0 Å². The molecule has 188 valence electrons. The molecule has 2 nitrogen and oxygen atoms in total. The molecule has 1 unspecified atom stereocenters. The number of benzene rings is 1. The third-order valence-electron chi connectivity index (χ3n) is 8.25. The lowest BCUT2D eigenvalue weighted by atomic mass is 9.68. The monoisotopic (exact) mass is 482 g/mol. The van der Waals surface area contributed by atoms with E-state index in [1.54, 1.807) is 12.1 Å². The summed E-state index contributed by atoms with van der Waals surface area (Å²) in [4.78, 5) is 8.83. The Hall–Kier alpha value is -0.730. The van der Waals surface area contributed by atoms with Crippen molar-refractivity contribution < 1.29 is 18.4 Å². The summed E-state index contributed by atoms with van der Waals surface area (Å²) in [5.74, 6) is 1.21. The standard InChI is InChI=1S/C28H45F2O2P/c1-2-3-5-8-21-9-11-22(12-10-21)23-13-15-24(16-14-23)25-17-18-26(28(30)27(25)29)32-19-6-4-7-20-33-31/h17-18,21-24,31,33H,2-16,19-20H2,1H3. The highest BCUT2D eigenvalue weighted by atomic mass is 31.1. The molecule has 2 fully saturated rings. The predicted molar refractivity (Wildman–Crippen MR) is 135 cm³/mol. The number of halogens is 2. The van der Waals surface area contributed by atoms with Crippen LogP contribution in [0, 0.1) is 29.4 Å². The molecule has 0 bridgehead atoms. The zero-order valence-corrected chi connectivity index (χ0v) is 21.6. The smallest absolute Gasteiger partial charge is 0.200 e. The van der Waals surface area contributed by atoms with Crippen molar-refractivity contribution in [2.24, 2.45) is 17.8 Å². The first-order valence-electron chi connectivity index (χ1n) is 13.6. The van der Waals surface area contributed by atoms with Gasteiger partial charge in [0.2, 0.25) is 5.82 Å². The number of ether oxygens (including phenoxy) is 1. The number of rotatable bonds is 13. The summed E-state index contributed by atoms with van der Waals surface area (Å²) in [6.45, 7) is 2.66. The topological polar surface area (TPSA) is 29.5 Å². The zero-order valence-electron chi connectivity index (χ0n) is 20.6. The van der Waals surface area contributed by atoms with E-state index in [4.69, 9.17) is 9.63 Å². The molecule has 1 atom stereocenters. The van der Waals surface area contributed by atoms with Crippen LogP contribution in [0.5, 0.6) is 5.75 Å². The highest BCUT2D eigenvalue weighted by Crippen LogP contribution is 2.45. The fourth-order valence-electron chi connectivity index (χ4n) is 6.17. The van der Waals surface area contributed by atoms with Gasteiger partial charge in [-0.15, -0.1) is 0 Å². The molecule has 0 aromatic heterocycles. The van der Waals surface area contributed by atoms with Gasteiger partial charge >= 0.3 is 0 Å². The van der Waals surface area contributed by atoms with Gasteiger partial charge in [-0.2, -0.15) is 4.39 Å². The molecule has 1 N–H and O–H groups in total. The largest absolute Gasteiger partial charge is 0.490 e. The molecular formula is C28H45F2O2P. The van der Waals surface area contributed by atoms with E-state index in [-0.39, 0.29) is 20.5 Å². The van der Waals surface area contributed by atoms with Gasteiger partial charge in [-0.1, -0.05) is 51.5 Å². The van der Waals surface area contributed by atoms with Gasteiger partial charge < -0.3 is 9.63 Å². The minimum absolute atomic E-state index is 0.0137. The first-order chi connectivity index (χ1) is 16.1. The highest BCUT2D eigenvalue weighted by molar-refractivity contribution is 7.31. The summed E-state index contributed by atoms with van der Waals surface area (Å²) in [6.07, 6.45) is 18.8. The molecule has 0 spiro atoms. The Balaban J connectivity index is 1.42. The molecule has 0 saturated heterocycles. The SMILES string of the molecule is CCCCCC1CCC(C2CCC(c3ccc(OCCCCCPO)c(F)c3F)CC2)CC1. The first-order valence-corrected chi connectivity index (χ1v) is 14.8. The summed E-state index contributed by atoms with van der Waals surface area (Å²) >= 11 is 0. The Morgan fingerprint density at radius 1 is 0.848 bits per heavy atom. The van der Waals surface area contributed by atoms with Crippen molar-refractivity contribution in [2.45, 2.75) is 109 Å². The second kappa shape index (κ2) is 14.6. The molecule has 0 radical (unpaired) electrons. The third-order valence-corrected chi connectivity index (χ3v) is 8.83. The van der Waals surface area contributed by atoms with Crippen molar-refractivity contribution in [3.8, 4) is 5.75 Å². The highest BCUT2D eigenvalue weighted by Gasteiger charge is 2.32. The van der Waals surface area contributed by atoms with Crippen LogP contribution in [0.4, 0.5) is 8.78 Å². The third kappa shape index (κ3) is 8.17. The number of unbranched alkanes of at least 4 members (excludes halogenated alkanes) is 4. The van der Waals surface area contributed by atoms with Gasteiger partial charge in [0.05, 0.1) is 6.61 Å². The molecule has 0 amide bonds. The van der Waals surface area contributed by atoms with Crippen molar-refractivity contribution in [3.05, 3.63) is 29.3 Å². The van der Waals surface area contributed by atoms with Gasteiger partial charge in [0.15, 0.2) is 11.6 Å². The summed E-state index contributed by atoms with van der Waals surface area (Å²) in [5, 5.41) is 0. The van der Waals surface area contributed by atoms with Gasteiger partial charge in [-0.25, -0.2) is 4.39 Å². The van der Waals surface area contributed by atoms with Gasteiger partial charge in [0.1, 0.15) is 0 Å². The summed E-state index contributed by atoms with van der Waals surface area (Å²) < 4.78 is 35.0. The number of hydrogen-bond acceptors (Lipinski definition) is 2. The van der Waals surface area contributed by atoms with Crippen LogP contribution < -0.4 is 4.74 Å². The molecule has 0 aliphatic heterocycles. The molecule has 2 aliphatic rings. The Kier molecular flexibility index (Phi) is 11.9. The molecular weight excluding hydrogens is 437 g/mol. The van der Waals surface area contributed by atoms with E-state index < -0.39 is 11.6 Å². The van der Waals surface area contributed by atoms with Crippen LogP contribution in [-0.2, 0) is 0 Å². The van der Waals surface area contributed by atoms with Crippen molar-refractivity contribution in [1.82, 2.24) is 0 Å². The quantitative estimate of drug-likeness (QED) is 0.225. The Morgan fingerprint density at radius 2 is 1.55 bits per heavy atom. The summed E-state index contributed by atoms with van der Waals surface area (Å²) in [6, 6.07) is 3.38. The van der Waals surface area contributed by atoms with Gasteiger partial charge in [-0.05, 0) is 99.3 Å². The van der Waals surface area contributed by atoms with Crippen molar-refractivity contribution >= 4 is 8.81 Å².